The van der Waals surface area contributed by atoms with E-state index in [1.54, 1.807) is 0 Å². The molecule has 0 fully saturated rings. The van der Waals surface area contributed by atoms with Crippen LogP contribution in [0.5, 0.6) is 0 Å². The molecule has 0 amide bonds. The van der Waals surface area contributed by atoms with Crippen LogP contribution in [-0.2, 0) is 0 Å². The van der Waals surface area contributed by atoms with Crippen LogP contribution in [0.3, 0.4) is 0 Å². The Bertz CT molecular complexity index is 312. The molecule has 2 rings (SSSR count). The van der Waals surface area contributed by atoms with Gasteiger partial charge in [-0.1, -0.05) is 31.2 Å². The molecule has 0 spiro atoms. The van der Waals surface area contributed by atoms with Crippen LogP contribution >= 0.6 is 0 Å². The molecule has 11 heavy (non-hydrogen) atoms. The minimum absolute atomic E-state index is 0.367. The fourth-order valence-electron chi connectivity index (χ4n) is 1.54. The van der Waals surface area contributed by atoms with Crippen molar-refractivity contribution in [2.24, 2.45) is 0 Å². The summed E-state index contributed by atoms with van der Waals surface area (Å²) in [6.45, 7) is 2.09. The van der Waals surface area contributed by atoms with Crippen molar-refractivity contribution in [1.29, 1.82) is 0 Å². The molecule has 1 aliphatic rings. The third kappa shape index (κ3) is 0.845. The average molecular weight is 146 g/mol. The average Bonchev–Trinajstić information content (AvgIpc) is 2.30. The molecule has 56 valence electrons. The maximum Gasteiger partial charge on any atom is 0.119 e. The highest BCUT2D eigenvalue weighted by atomic mass is 16.3. The molecule has 1 aromatic rings. The van der Waals surface area contributed by atoms with Crippen LogP contribution in [0.25, 0.3) is 5.76 Å². The van der Waals surface area contributed by atoms with E-state index in [-0.39, 0.29) is 0 Å². The monoisotopic (exact) mass is 146 g/mol. The van der Waals surface area contributed by atoms with E-state index in [4.69, 9.17) is 0 Å². The van der Waals surface area contributed by atoms with Gasteiger partial charge >= 0.3 is 0 Å². The van der Waals surface area contributed by atoms with Crippen molar-refractivity contribution >= 4 is 5.76 Å². The van der Waals surface area contributed by atoms with E-state index in [9.17, 15) is 5.11 Å². The van der Waals surface area contributed by atoms with Gasteiger partial charge in [-0.15, -0.1) is 0 Å². The van der Waals surface area contributed by atoms with Gasteiger partial charge in [0.2, 0.25) is 0 Å². The lowest BCUT2D eigenvalue weighted by Crippen LogP contribution is -1.85. The summed E-state index contributed by atoms with van der Waals surface area (Å²) in [5.41, 5.74) is 2.21. The summed E-state index contributed by atoms with van der Waals surface area (Å²) < 4.78 is 0. The van der Waals surface area contributed by atoms with Crippen LogP contribution in [0.15, 0.2) is 30.3 Å². The highest BCUT2D eigenvalue weighted by Gasteiger charge is 2.17. The molecule has 1 atom stereocenters. The molecule has 1 heteroatoms. The molecule has 0 heterocycles. The Morgan fingerprint density at radius 3 is 2.73 bits per heavy atom. The topological polar surface area (TPSA) is 20.2 Å². The fraction of sp³-hybridized carbons (Fsp3) is 0.200. The molecule has 0 aromatic heterocycles. The second-order valence-corrected chi connectivity index (χ2v) is 2.93. The van der Waals surface area contributed by atoms with Gasteiger partial charge in [0.05, 0.1) is 0 Å². The summed E-state index contributed by atoms with van der Waals surface area (Å²) in [5.74, 6) is 0.791. The second-order valence-electron chi connectivity index (χ2n) is 2.93. The smallest absolute Gasteiger partial charge is 0.119 e. The SMILES string of the molecule is CC1C=C(O)c2ccccc21. The second kappa shape index (κ2) is 2.12. The largest absolute Gasteiger partial charge is 0.508 e. The summed E-state index contributed by atoms with van der Waals surface area (Å²) >= 11 is 0. The molecule has 1 N–H and O–H groups in total. The van der Waals surface area contributed by atoms with E-state index in [2.05, 4.69) is 13.0 Å². The molecule has 1 aromatic carbocycles. The number of benzene rings is 1. The van der Waals surface area contributed by atoms with Crippen LogP contribution < -0.4 is 0 Å². The van der Waals surface area contributed by atoms with Crippen molar-refractivity contribution < 1.29 is 5.11 Å². The van der Waals surface area contributed by atoms with E-state index >= 15 is 0 Å². The molecule has 0 bridgehead atoms. The molecular formula is C10H10O. The van der Waals surface area contributed by atoms with Gasteiger partial charge in [0.15, 0.2) is 0 Å². The van der Waals surface area contributed by atoms with Gasteiger partial charge in [-0.25, -0.2) is 0 Å². The Labute approximate surface area is 66.0 Å². The Morgan fingerprint density at radius 1 is 1.27 bits per heavy atom. The van der Waals surface area contributed by atoms with Gasteiger partial charge < -0.3 is 5.11 Å². The standard InChI is InChI=1S/C10H10O/c1-7-6-10(11)9-5-3-2-4-8(7)9/h2-7,11H,1H3. The van der Waals surface area contributed by atoms with E-state index in [1.165, 1.54) is 5.56 Å². The van der Waals surface area contributed by atoms with Gasteiger partial charge in [0.25, 0.3) is 0 Å². The molecular weight excluding hydrogens is 136 g/mol. The molecule has 0 saturated carbocycles. The molecule has 1 nitrogen and oxygen atoms in total. The highest BCUT2D eigenvalue weighted by Crippen LogP contribution is 2.33. The van der Waals surface area contributed by atoms with Crippen molar-refractivity contribution in [3.05, 3.63) is 41.5 Å². The van der Waals surface area contributed by atoms with E-state index in [1.807, 2.05) is 24.3 Å². The zero-order valence-electron chi connectivity index (χ0n) is 6.41. The Kier molecular flexibility index (Phi) is 1.25. The summed E-state index contributed by atoms with van der Waals surface area (Å²) in [5, 5.41) is 9.41. The predicted octanol–water partition coefficient (Wildman–Crippen LogP) is 2.70. The fourth-order valence-corrected chi connectivity index (χ4v) is 1.54. The first-order chi connectivity index (χ1) is 5.29. The first kappa shape index (κ1) is 6.47. The Balaban J connectivity index is 2.62. The van der Waals surface area contributed by atoms with Crippen LogP contribution in [0.2, 0.25) is 0 Å². The number of hydrogen-bond donors (Lipinski definition) is 1. The molecule has 1 aliphatic carbocycles. The summed E-state index contributed by atoms with van der Waals surface area (Å²) in [4.78, 5) is 0. The third-order valence-corrected chi connectivity index (χ3v) is 2.14. The lowest BCUT2D eigenvalue weighted by molar-refractivity contribution is 0.512. The minimum Gasteiger partial charge on any atom is -0.508 e. The van der Waals surface area contributed by atoms with E-state index in [0.717, 1.165) is 5.56 Å². The third-order valence-electron chi connectivity index (χ3n) is 2.14. The van der Waals surface area contributed by atoms with Crippen molar-refractivity contribution in [2.75, 3.05) is 0 Å². The van der Waals surface area contributed by atoms with Crippen LogP contribution in [0, 0.1) is 0 Å². The summed E-state index contributed by atoms with van der Waals surface area (Å²) in [6.07, 6.45) is 1.88. The van der Waals surface area contributed by atoms with Crippen LogP contribution in [0.4, 0.5) is 0 Å². The number of rotatable bonds is 0. The normalized spacial score (nSPS) is 21.2. The quantitative estimate of drug-likeness (QED) is 0.596. The summed E-state index contributed by atoms with van der Waals surface area (Å²) in [6, 6.07) is 7.95. The van der Waals surface area contributed by atoms with E-state index < -0.39 is 0 Å². The lowest BCUT2D eigenvalue weighted by Gasteiger charge is -2.01. The predicted molar refractivity (Wildman–Crippen MR) is 45.5 cm³/mol. The van der Waals surface area contributed by atoms with Crippen molar-refractivity contribution in [3.63, 3.8) is 0 Å². The Hall–Kier alpha value is -1.24. The van der Waals surface area contributed by atoms with Crippen molar-refractivity contribution in [2.45, 2.75) is 12.8 Å². The number of aliphatic hydroxyl groups excluding tert-OH is 1. The number of allylic oxidation sites excluding steroid dienone is 1. The van der Waals surface area contributed by atoms with Gasteiger partial charge in [-0.3, -0.25) is 0 Å². The van der Waals surface area contributed by atoms with Gasteiger partial charge in [0.1, 0.15) is 5.76 Å². The van der Waals surface area contributed by atoms with Gasteiger partial charge in [-0.2, -0.15) is 0 Å². The lowest BCUT2D eigenvalue weighted by atomic mass is 10.0. The molecule has 0 aliphatic heterocycles. The van der Waals surface area contributed by atoms with Crippen molar-refractivity contribution in [1.82, 2.24) is 0 Å². The highest BCUT2D eigenvalue weighted by molar-refractivity contribution is 5.68. The molecule has 0 radical (unpaired) electrons. The molecule has 1 unspecified atom stereocenters. The summed E-state index contributed by atoms with van der Waals surface area (Å²) in [7, 11) is 0. The minimum atomic E-state index is 0.367. The number of aliphatic hydroxyl groups is 1. The first-order valence-electron chi connectivity index (χ1n) is 3.79. The molecule has 0 saturated heterocycles. The van der Waals surface area contributed by atoms with E-state index in [0.29, 0.717) is 11.7 Å². The van der Waals surface area contributed by atoms with Crippen LogP contribution in [-0.4, -0.2) is 5.11 Å². The maximum absolute atomic E-state index is 9.41. The zero-order valence-corrected chi connectivity index (χ0v) is 6.41. The maximum atomic E-state index is 9.41. The van der Waals surface area contributed by atoms with Gasteiger partial charge in [0, 0.05) is 11.5 Å². The first-order valence-corrected chi connectivity index (χ1v) is 3.79. The number of hydrogen-bond acceptors (Lipinski definition) is 1. The van der Waals surface area contributed by atoms with Crippen molar-refractivity contribution in [3.8, 4) is 0 Å². The van der Waals surface area contributed by atoms with Gasteiger partial charge in [-0.05, 0) is 11.6 Å². The Morgan fingerprint density at radius 2 is 2.00 bits per heavy atom. The number of fused-ring (bicyclic) bond motifs is 1. The zero-order chi connectivity index (χ0) is 7.84. The van der Waals surface area contributed by atoms with Crippen LogP contribution in [0.1, 0.15) is 24.0 Å².